The Kier molecular flexibility index (Phi) is 1.31. The number of halogens is 1. The maximum Gasteiger partial charge on any atom is 0.137 e. The molecule has 0 bridgehead atoms. The molecule has 0 aromatic rings. The van der Waals surface area contributed by atoms with Gasteiger partial charge in [-0.3, -0.25) is 0 Å². The first-order valence-electron chi connectivity index (χ1n) is 1.75. The summed E-state index contributed by atoms with van der Waals surface area (Å²) >= 11 is 2.13. The van der Waals surface area contributed by atoms with E-state index in [4.69, 9.17) is 9.84 Å². The summed E-state index contributed by atoms with van der Waals surface area (Å²) in [5, 5.41) is 8.25. The Balaban J connectivity index is 2.09. The summed E-state index contributed by atoms with van der Waals surface area (Å²) in [6, 6.07) is 0. The molecule has 0 aliphatic carbocycles. The second kappa shape index (κ2) is 1.63. The lowest BCUT2D eigenvalue weighted by Gasteiger charge is -1.72. The van der Waals surface area contributed by atoms with Gasteiger partial charge in [0, 0.05) is 0 Å². The molecule has 1 rings (SSSR count). The molecule has 0 radical (unpaired) electrons. The van der Waals surface area contributed by atoms with Crippen LogP contribution in [0.1, 0.15) is 0 Å². The second-order valence-corrected chi connectivity index (χ2v) is 2.44. The van der Waals surface area contributed by atoms with Crippen LogP contribution in [-0.2, 0) is 4.74 Å². The minimum atomic E-state index is 0.144. The van der Waals surface area contributed by atoms with Crippen LogP contribution in [0.4, 0.5) is 0 Å². The minimum Gasteiger partial charge on any atom is -0.394 e. The molecule has 2 unspecified atom stereocenters. The number of rotatable bonds is 1. The summed E-state index contributed by atoms with van der Waals surface area (Å²) in [5.74, 6) is 0. The van der Waals surface area contributed by atoms with Crippen molar-refractivity contribution < 1.29 is 9.84 Å². The zero-order valence-corrected chi connectivity index (χ0v) is 5.25. The molecule has 1 aliphatic rings. The van der Waals surface area contributed by atoms with Crippen LogP contribution < -0.4 is 0 Å². The predicted octanol–water partition coefficient (Wildman–Crippen LogP) is 0.139. The van der Waals surface area contributed by atoms with E-state index in [0.29, 0.717) is 0 Å². The molecule has 0 spiro atoms. The molecular weight excluding hydrogens is 195 g/mol. The van der Waals surface area contributed by atoms with Crippen LogP contribution in [0, 0.1) is 0 Å². The number of epoxide rings is 1. The molecule has 1 aliphatic heterocycles. The number of alkyl halides is 1. The number of aliphatic hydroxyl groups is 1. The average molecular weight is 200 g/mol. The van der Waals surface area contributed by atoms with E-state index in [1.54, 1.807) is 0 Å². The zero-order valence-electron chi connectivity index (χ0n) is 3.10. The van der Waals surface area contributed by atoms with E-state index in [9.17, 15) is 0 Å². The number of ether oxygens (including phenoxy) is 1. The monoisotopic (exact) mass is 200 g/mol. The van der Waals surface area contributed by atoms with Crippen molar-refractivity contribution in [2.45, 2.75) is 10.2 Å². The number of hydrogen-bond donors (Lipinski definition) is 1. The normalized spacial score (nSPS) is 43.0. The molecule has 6 heavy (non-hydrogen) atoms. The molecule has 1 heterocycles. The lowest BCUT2D eigenvalue weighted by Crippen LogP contribution is -1.92. The first-order chi connectivity index (χ1) is 2.84. The highest BCUT2D eigenvalue weighted by Gasteiger charge is 2.34. The third kappa shape index (κ3) is 0.828. The third-order valence-corrected chi connectivity index (χ3v) is 1.80. The standard InChI is InChI=1S/C3H5IO2/c4-3-2(1-5)6-3/h2-3,5H,1H2. The molecule has 1 saturated heterocycles. The fourth-order valence-corrected chi connectivity index (χ4v) is 0.852. The van der Waals surface area contributed by atoms with Crippen molar-refractivity contribution in [3.05, 3.63) is 0 Å². The molecule has 0 saturated carbocycles. The smallest absolute Gasteiger partial charge is 0.137 e. The molecule has 2 nitrogen and oxygen atoms in total. The van der Waals surface area contributed by atoms with Crippen molar-refractivity contribution in [1.29, 1.82) is 0 Å². The van der Waals surface area contributed by atoms with Gasteiger partial charge in [-0.2, -0.15) is 0 Å². The fourth-order valence-electron chi connectivity index (χ4n) is 0.248. The zero-order chi connectivity index (χ0) is 4.57. The van der Waals surface area contributed by atoms with Gasteiger partial charge in [0.15, 0.2) is 0 Å². The summed E-state index contributed by atoms with van der Waals surface area (Å²) < 4.78 is 5.09. The minimum absolute atomic E-state index is 0.144. The Morgan fingerprint density at radius 2 is 2.33 bits per heavy atom. The molecule has 0 aromatic carbocycles. The Bertz CT molecular complexity index is 54.8. The number of hydrogen-bond acceptors (Lipinski definition) is 2. The summed E-state index contributed by atoms with van der Waals surface area (Å²) in [7, 11) is 0. The van der Waals surface area contributed by atoms with Crippen LogP contribution >= 0.6 is 22.6 Å². The fraction of sp³-hybridized carbons (Fsp3) is 1.00. The molecule has 0 aromatic heterocycles. The molecular formula is C3H5IO2. The van der Waals surface area contributed by atoms with Crippen LogP contribution in [0.3, 0.4) is 0 Å². The third-order valence-electron chi connectivity index (χ3n) is 0.700. The maximum atomic E-state index is 8.25. The Morgan fingerprint density at radius 3 is 2.33 bits per heavy atom. The first kappa shape index (κ1) is 4.80. The topological polar surface area (TPSA) is 32.8 Å². The SMILES string of the molecule is OCC1OC1I. The van der Waals surface area contributed by atoms with Gasteiger partial charge in [0.05, 0.1) is 6.61 Å². The lowest BCUT2D eigenvalue weighted by atomic mass is 10.5. The molecule has 3 heteroatoms. The van der Waals surface area contributed by atoms with E-state index < -0.39 is 0 Å². The van der Waals surface area contributed by atoms with Crippen molar-refractivity contribution in [3.63, 3.8) is 0 Å². The van der Waals surface area contributed by atoms with E-state index in [1.165, 1.54) is 0 Å². The van der Waals surface area contributed by atoms with E-state index in [-0.39, 0.29) is 16.8 Å². The van der Waals surface area contributed by atoms with E-state index >= 15 is 0 Å². The molecule has 36 valence electrons. The van der Waals surface area contributed by atoms with Crippen molar-refractivity contribution in [3.8, 4) is 0 Å². The summed E-state index contributed by atoms with van der Waals surface area (Å²) in [6.45, 7) is 0.174. The maximum absolute atomic E-state index is 8.25. The van der Waals surface area contributed by atoms with Gasteiger partial charge in [0.1, 0.15) is 10.2 Å². The first-order valence-corrected chi connectivity index (χ1v) is 2.99. The Morgan fingerprint density at radius 1 is 1.83 bits per heavy atom. The summed E-state index contributed by atoms with van der Waals surface area (Å²) in [6.07, 6.45) is 0.144. The Hall–Kier alpha value is 0.650. The predicted molar refractivity (Wildman–Crippen MR) is 29.8 cm³/mol. The quantitative estimate of drug-likeness (QED) is 0.371. The van der Waals surface area contributed by atoms with Gasteiger partial charge >= 0.3 is 0 Å². The molecule has 1 N–H and O–H groups in total. The second-order valence-electron chi connectivity index (χ2n) is 1.21. The highest BCUT2D eigenvalue weighted by Crippen LogP contribution is 2.26. The number of aliphatic hydroxyl groups excluding tert-OH is 1. The van der Waals surface area contributed by atoms with Crippen molar-refractivity contribution in [2.75, 3.05) is 6.61 Å². The van der Waals surface area contributed by atoms with Gasteiger partial charge in [0.25, 0.3) is 0 Å². The largest absolute Gasteiger partial charge is 0.394 e. The van der Waals surface area contributed by atoms with Gasteiger partial charge in [-0.25, -0.2) is 0 Å². The van der Waals surface area contributed by atoms with E-state index in [0.717, 1.165) is 0 Å². The van der Waals surface area contributed by atoms with Crippen molar-refractivity contribution >= 4 is 22.6 Å². The highest BCUT2D eigenvalue weighted by atomic mass is 127. The van der Waals surface area contributed by atoms with Crippen LogP contribution in [0.5, 0.6) is 0 Å². The molecule has 0 amide bonds. The average Bonchev–Trinajstić information content (AvgIpc) is 2.19. The summed E-state index contributed by atoms with van der Waals surface area (Å²) in [4.78, 5) is 0. The van der Waals surface area contributed by atoms with Crippen LogP contribution in [0.15, 0.2) is 0 Å². The van der Waals surface area contributed by atoms with Crippen molar-refractivity contribution in [2.24, 2.45) is 0 Å². The van der Waals surface area contributed by atoms with Crippen LogP contribution in [-0.4, -0.2) is 21.9 Å². The molecule has 2 atom stereocenters. The van der Waals surface area contributed by atoms with Gasteiger partial charge < -0.3 is 9.84 Å². The van der Waals surface area contributed by atoms with E-state index in [1.807, 2.05) is 0 Å². The van der Waals surface area contributed by atoms with Gasteiger partial charge in [-0.1, -0.05) is 0 Å². The van der Waals surface area contributed by atoms with Gasteiger partial charge in [0.2, 0.25) is 0 Å². The van der Waals surface area contributed by atoms with Gasteiger partial charge in [-0.15, -0.1) is 0 Å². The lowest BCUT2D eigenvalue weighted by molar-refractivity contribution is 0.244. The molecule has 1 fully saturated rings. The van der Waals surface area contributed by atoms with E-state index in [2.05, 4.69) is 22.6 Å². The Labute approximate surface area is 49.6 Å². The summed E-state index contributed by atoms with van der Waals surface area (Å²) in [5.41, 5.74) is 0. The van der Waals surface area contributed by atoms with Crippen molar-refractivity contribution in [1.82, 2.24) is 0 Å². The van der Waals surface area contributed by atoms with Gasteiger partial charge in [-0.05, 0) is 22.6 Å². The van der Waals surface area contributed by atoms with Crippen LogP contribution in [0.25, 0.3) is 0 Å². The highest BCUT2D eigenvalue weighted by molar-refractivity contribution is 14.1. The van der Waals surface area contributed by atoms with Crippen LogP contribution in [0.2, 0.25) is 0 Å².